The number of aryl methyl sites for hydroxylation is 1. The number of nitrogens with zero attached hydrogens (tertiary/aromatic N) is 2. The van der Waals surface area contributed by atoms with Gasteiger partial charge in [-0.2, -0.15) is 0 Å². The molecule has 152 valence electrons. The highest BCUT2D eigenvalue weighted by Crippen LogP contribution is 2.16. The molecular formula is C22H31N3O3. The molecule has 0 aliphatic heterocycles. The molecule has 2 aromatic rings. The van der Waals surface area contributed by atoms with E-state index in [9.17, 15) is 9.59 Å². The molecule has 0 aliphatic carbocycles. The summed E-state index contributed by atoms with van der Waals surface area (Å²) in [6.45, 7) is 10.3. The van der Waals surface area contributed by atoms with Crippen LogP contribution in [0.2, 0.25) is 0 Å². The van der Waals surface area contributed by atoms with Crippen LogP contribution in [0.5, 0.6) is 0 Å². The first-order valence-electron chi connectivity index (χ1n) is 10.0. The van der Waals surface area contributed by atoms with Crippen LogP contribution >= 0.6 is 0 Å². The smallest absolute Gasteiger partial charge is 0.273 e. The van der Waals surface area contributed by atoms with Gasteiger partial charge in [-0.1, -0.05) is 32.9 Å². The Labute approximate surface area is 167 Å². The van der Waals surface area contributed by atoms with Crippen LogP contribution in [0.1, 0.15) is 79.8 Å². The third kappa shape index (κ3) is 5.44. The van der Waals surface area contributed by atoms with Crippen molar-refractivity contribution in [3.05, 3.63) is 53.2 Å². The van der Waals surface area contributed by atoms with Crippen LogP contribution in [0.15, 0.2) is 34.9 Å². The average molecular weight is 386 g/mol. The van der Waals surface area contributed by atoms with Crippen molar-refractivity contribution in [3.8, 4) is 0 Å². The van der Waals surface area contributed by atoms with E-state index in [1.807, 2.05) is 52.0 Å². The zero-order chi connectivity index (χ0) is 20.7. The number of nitrogens with one attached hydrogen (secondary N) is 1. The standard InChI is InChI=1S/C22H31N3O3/c1-6-15(4)23-21(26)19-14-28-20(24-19)13-25(16(5)7-2)22(27)18-11-9-17(8-3)10-12-18/h9-12,14-16H,6-8,13H2,1-5H3,(H,23,26)/t15-,16+/m1/s1. The van der Waals surface area contributed by atoms with Gasteiger partial charge in [0.1, 0.15) is 6.26 Å². The Morgan fingerprint density at radius 1 is 1.11 bits per heavy atom. The third-order valence-electron chi connectivity index (χ3n) is 5.07. The Kier molecular flexibility index (Phi) is 7.79. The topological polar surface area (TPSA) is 75.4 Å². The summed E-state index contributed by atoms with van der Waals surface area (Å²) in [6, 6.07) is 7.75. The second kappa shape index (κ2) is 10.1. The molecule has 2 atom stereocenters. The van der Waals surface area contributed by atoms with Crippen molar-refractivity contribution in [2.45, 2.75) is 72.5 Å². The summed E-state index contributed by atoms with van der Waals surface area (Å²) in [5.74, 6) is 0.0230. The highest BCUT2D eigenvalue weighted by Gasteiger charge is 2.23. The minimum atomic E-state index is -0.263. The van der Waals surface area contributed by atoms with Crippen LogP contribution < -0.4 is 5.32 Å². The molecule has 1 N–H and O–H groups in total. The molecule has 6 heteroatoms. The number of hydrogen-bond acceptors (Lipinski definition) is 4. The van der Waals surface area contributed by atoms with E-state index in [2.05, 4.69) is 17.2 Å². The van der Waals surface area contributed by atoms with Gasteiger partial charge in [-0.05, 0) is 50.8 Å². The molecule has 1 aromatic heterocycles. The summed E-state index contributed by atoms with van der Waals surface area (Å²) in [5.41, 5.74) is 2.06. The van der Waals surface area contributed by atoms with Gasteiger partial charge in [0, 0.05) is 17.6 Å². The SMILES string of the molecule is CCc1ccc(C(=O)N(Cc2nc(C(=O)N[C@H](C)CC)co2)[C@@H](C)CC)cc1. The Hall–Kier alpha value is -2.63. The van der Waals surface area contributed by atoms with Crippen LogP contribution in [0.25, 0.3) is 0 Å². The van der Waals surface area contributed by atoms with Gasteiger partial charge in [0.2, 0.25) is 5.89 Å². The van der Waals surface area contributed by atoms with Crippen LogP contribution in [-0.2, 0) is 13.0 Å². The molecule has 0 spiro atoms. The minimum Gasteiger partial charge on any atom is -0.446 e. The second-order valence-corrected chi connectivity index (χ2v) is 7.15. The highest BCUT2D eigenvalue weighted by atomic mass is 16.3. The molecule has 0 saturated heterocycles. The lowest BCUT2D eigenvalue weighted by molar-refractivity contribution is 0.0652. The molecule has 0 radical (unpaired) electrons. The maximum absolute atomic E-state index is 13.1. The molecular weight excluding hydrogens is 354 g/mol. The molecule has 28 heavy (non-hydrogen) atoms. The van der Waals surface area contributed by atoms with Crippen molar-refractivity contribution < 1.29 is 14.0 Å². The van der Waals surface area contributed by atoms with Crippen LogP contribution in [-0.4, -0.2) is 33.8 Å². The van der Waals surface area contributed by atoms with Crippen molar-refractivity contribution in [2.75, 3.05) is 0 Å². The van der Waals surface area contributed by atoms with Gasteiger partial charge in [-0.25, -0.2) is 4.98 Å². The Morgan fingerprint density at radius 3 is 2.36 bits per heavy atom. The Morgan fingerprint density at radius 2 is 1.79 bits per heavy atom. The van der Waals surface area contributed by atoms with Crippen LogP contribution in [0.3, 0.4) is 0 Å². The summed E-state index contributed by atoms with van der Waals surface area (Å²) in [5, 5.41) is 2.86. The maximum atomic E-state index is 13.1. The zero-order valence-electron chi connectivity index (χ0n) is 17.5. The van der Waals surface area contributed by atoms with E-state index in [0.717, 1.165) is 19.3 Å². The van der Waals surface area contributed by atoms with Gasteiger partial charge in [-0.15, -0.1) is 0 Å². The first kappa shape index (κ1) is 21.7. The van der Waals surface area contributed by atoms with Gasteiger partial charge < -0.3 is 14.6 Å². The molecule has 0 aliphatic rings. The molecule has 0 saturated carbocycles. The average Bonchev–Trinajstić information content (AvgIpc) is 3.19. The lowest BCUT2D eigenvalue weighted by Gasteiger charge is -2.27. The lowest BCUT2D eigenvalue weighted by atomic mass is 10.1. The first-order valence-corrected chi connectivity index (χ1v) is 10.0. The molecule has 0 bridgehead atoms. The number of oxazole rings is 1. The summed E-state index contributed by atoms with van der Waals surface area (Å²) < 4.78 is 5.48. The van der Waals surface area contributed by atoms with Crippen molar-refractivity contribution in [3.63, 3.8) is 0 Å². The summed E-state index contributed by atoms with van der Waals surface area (Å²) in [6.07, 6.45) is 3.92. The van der Waals surface area contributed by atoms with Crippen molar-refractivity contribution in [1.29, 1.82) is 0 Å². The number of rotatable bonds is 9. The van der Waals surface area contributed by atoms with Crippen molar-refractivity contribution >= 4 is 11.8 Å². The number of aromatic nitrogens is 1. The van der Waals surface area contributed by atoms with Gasteiger partial charge in [0.15, 0.2) is 5.69 Å². The zero-order valence-corrected chi connectivity index (χ0v) is 17.5. The molecule has 1 aromatic carbocycles. The molecule has 0 unspecified atom stereocenters. The maximum Gasteiger partial charge on any atom is 0.273 e. The van der Waals surface area contributed by atoms with E-state index < -0.39 is 0 Å². The lowest BCUT2D eigenvalue weighted by Crippen LogP contribution is -2.38. The van der Waals surface area contributed by atoms with Gasteiger partial charge >= 0.3 is 0 Å². The number of carbonyl (C=O) groups excluding carboxylic acids is 2. The summed E-state index contributed by atoms with van der Waals surface area (Å²) >= 11 is 0. The number of amides is 2. The van der Waals surface area contributed by atoms with Crippen LogP contribution in [0, 0.1) is 0 Å². The highest BCUT2D eigenvalue weighted by molar-refractivity contribution is 5.94. The second-order valence-electron chi connectivity index (χ2n) is 7.15. The van der Waals surface area contributed by atoms with Gasteiger partial charge in [0.05, 0.1) is 6.54 Å². The first-order chi connectivity index (χ1) is 13.4. The Bertz CT molecular complexity index is 783. The van der Waals surface area contributed by atoms with E-state index in [1.54, 1.807) is 4.90 Å². The van der Waals surface area contributed by atoms with E-state index in [0.29, 0.717) is 11.5 Å². The third-order valence-corrected chi connectivity index (χ3v) is 5.07. The monoisotopic (exact) mass is 385 g/mol. The normalized spacial score (nSPS) is 13.0. The van der Waals surface area contributed by atoms with E-state index >= 15 is 0 Å². The molecule has 6 nitrogen and oxygen atoms in total. The molecule has 1 heterocycles. The van der Waals surface area contributed by atoms with Gasteiger partial charge in [-0.3, -0.25) is 9.59 Å². The van der Waals surface area contributed by atoms with E-state index in [-0.39, 0.29) is 36.1 Å². The largest absolute Gasteiger partial charge is 0.446 e. The fourth-order valence-electron chi connectivity index (χ4n) is 2.73. The number of carbonyl (C=O) groups is 2. The van der Waals surface area contributed by atoms with E-state index in [1.165, 1.54) is 11.8 Å². The Balaban J connectivity index is 2.16. The molecule has 2 rings (SSSR count). The summed E-state index contributed by atoms with van der Waals surface area (Å²) in [4.78, 5) is 31.3. The quantitative estimate of drug-likeness (QED) is 0.702. The fourth-order valence-corrected chi connectivity index (χ4v) is 2.73. The van der Waals surface area contributed by atoms with Crippen molar-refractivity contribution in [2.24, 2.45) is 0 Å². The minimum absolute atomic E-state index is 0.0163. The molecule has 2 amide bonds. The predicted octanol–water partition coefficient (Wildman–Crippen LogP) is 4.21. The summed E-state index contributed by atoms with van der Waals surface area (Å²) in [7, 11) is 0. The number of hydrogen-bond donors (Lipinski definition) is 1. The predicted molar refractivity (Wildman–Crippen MR) is 109 cm³/mol. The van der Waals surface area contributed by atoms with Gasteiger partial charge in [0.25, 0.3) is 11.8 Å². The van der Waals surface area contributed by atoms with E-state index in [4.69, 9.17) is 4.42 Å². The molecule has 0 fully saturated rings. The fraction of sp³-hybridized carbons (Fsp3) is 0.500. The van der Waals surface area contributed by atoms with Crippen molar-refractivity contribution in [1.82, 2.24) is 15.2 Å². The number of benzene rings is 1. The van der Waals surface area contributed by atoms with Crippen LogP contribution in [0.4, 0.5) is 0 Å².